The molecular formula is C34H41FN2O4. The molecule has 1 saturated carbocycles. The van der Waals surface area contributed by atoms with E-state index in [0.717, 1.165) is 41.5 Å². The Morgan fingerprint density at radius 2 is 1.73 bits per heavy atom. The number of rotatable bonds is 12. The largest absolute Gasteiger partial charge is 0.497 e. The maximum Gasteiger partial charge on any atom is 0.228 e. The predicted octanol–water partition coefficient (Wildman–Crippen LogP) is 6.00. The van der Waals surface area contributed by atoms with Crippen LogP contribution < -0.4 is 14.8 Å². The van der Waals surface area contributed by atoms with Gasteiger partial charge in [0.2, 0.25) is 5.91 Å². The molecule has 2 aliphatic rings. The lowest BCUT2D eigenvalue weighted by Crippen LogP contribution is -2.56. The summed E-state index contributed by atoms with van der Waals surface area (Å²) in [5, 5.41) is 3.22. The van der Waals surface area contributed by atoms with Gasteiger partial charge in [-0.1, -0.05) is 54.6 Å². The van der Waals surface area contributed by atoms with Crippen LogP contribution in [0.2, 0.25) is 0 Å². The molecule has 1 heterocycles. The van der Waals surface area contributed by atoms with Gasteiger partial charge in [0, 0.05) is 57.8 Å². The summed E-state index contributed by atoms with van der Waals surface area (Å²) >= 11 is 0. The molecule has 41 heavy (non-hydrogen) atoms. The fraction of sp³-hybridized carbons (Fsp3) is 0.441. The van der Waals surface area contributed by atoms with Gasteiger partial charge >= 0.3 is 0 Å². The van der Waals surface area contributed by atoms with Gasteiger partial charge in [0.15, 0.2) is 0 Å². The minimum Gasteiger partial charge on any atom is -0.497 e. The number of amides is 1. The molecule has 7 heteroatoms. The van der Waals surface area contributed by atoms with Crippen LogP contribution in [-0.4, -0.2) is 63.0 Å². The third-order valence-corrected chi connectivity index (χ3v) is 8.12. The Kier molecular flexibility index (Phi) is 9.25. The van der Waals surface area contributed by atoms with Crippen molar-refractivity contribution < 1.29 is 23.4 Å². The molecule has 3 atom stereocenters. The van der Waals surface area contributed by atoms with E-state index in [4.69, 9.17) is 14.2 Å². The maximum atomic E-state index is 16.3. The highest BCUT2D eigenvalue weighted by Gasteiger charge is 2.49. The SMILES string of the molecule is COCCCOc1cc(CN(C(=O)[C@H]2CNCC(C)(F)[C@@H]2c2cccc(-c3ccccc3)c2)C2CC2)cc(OC)c1. The van der Waals surface area contributed by atoms with Gasteiger partial charge in [0.25, 0.3) is 0 Å². The van der Waals surface area contributed by atoms with Gasteiger partial charge in [-0.2, -0.15) is 0 Å². The van der Waals surface area contributed by atoms with Crippen molar-refractivity contribution in [3.63, 3.8) is 0 Å². The van der Waals surface area contributed by atoms with E-state index in [1.807, 2.05) is 59.5 Å². The first-order valence-electron chi connectivity index (χ1n) is 14.5. The number of nitrogens with one attached hydrogen (secondary N) is 1. The van der Waals surface area contributed by atoms with Crippen molar-refractivity contribution in [2.45, 2.75) is 50.4 Å². The molecule has 1 amide bonds. The summed E-state index contributed by atoms with van der Waals surface area (Å²) in [5.74, 6) is 0.277. The van der Waals surface area contributed by atoms with Crippen LogP contribution in [0.4, 0.5) is 4.39 Å². The molecule has 1 unspecified atom stereocenters. The molecule has 1 saturated heterocycles. The second kappa shape index (κ2) is 13.0. The Bertz CT molecular complexity index is 1310. The third-order valence-electron chi connectivity index (χ3n) is 8.12. The summed E-state index contributed by atoms with van der Waals surface area (Å²) in [6, 6.07) is 24.1. The molecule has 1 N–H and O–H groups in total. The van der Waals surface area contributed by atoms with Gasteiger partial charge in [-0.05, 0) is 54.2 Å². The zero-order valence-electron chi connectivity index (χ0n) is 24.3. The number of halogens is 1. The molecule has 2 fully saturated rings. The fourth-order valence-corrected chi connectivity index (χ4v) is 5.97. The highest BCUT2D eigenvalue weighted by molar-refractivity contribution is 5.81. The summed E-state index contributed by atoms with van der Waals surface area (Å²) in [6.07, 6.45) is 2.69. The third kappa shape index (κ3) is 7.08. The Hall–Kier alpha value is -3.42. The van der Waals surface area contributed by atoms with E-state index in [1.54, 1.807) is 21.1 Å². The molecule has 0 spiro atoms. The average Bonchev–Trinajstić information content (AvgIpc) is 3.83. The van der Waals surface area contributed by atoms with Crippen LogP contribution in [0.15, 0.2) is 72.8 Å². The first-order chi connectivity index (χ1) is 19.9. The minimum atomic E-state index is -1.58. The van der Waals surface area contributed by atoms with Gasteiger partial charge in [-0.25, -0.2) is 4.39 Å². The number of nitrogens with zero attached hydrogens (tertiary/aromatic N) is 1. The number of methoxy groups -OCH3 is 2. The van der Waals surface area contributed by atoms with Crippen LogP contribution in [-0.2, 0) is 16.1 Å². The Morgan fingerprint density at radius 3 is 2.46 bits per heavy atom. The van der Waals surface area contributed by atoms with Crippen molar-refractivity contribution in [2.75, 3.05) is 40.5 Å². The monoisotopic (exact) mass is 560 g/mol. The van der Waals surface area contributed by atoms with E-state index in [0.29, 0.717) is 37.8 Å². The Morgan fingerprint density at radius 1 is 0.976 bits per heavy atom. The van der Waals surface area contributed by atoms with Crippen LogP contribution >= 0.6 is 0 Å². The van der Waals surface area contributed by atoms with E-state index >= 15 is 4.39 Å². The number of ether oxygens (including phenoxy) is 3. The lowest BCUT2D eigenvalue weighted by Gasteiger charge is -2.43. The Balaban J connectivity index is 1.41. The number of piperidine rings is 1. The Labute approximate surface area is 242 Å². The molecule has 0 radical (unpaired) electrons. The second-order valence-electron chi connectivity index (χ2n) is 11.4. The standard InChI is InChI=1S/C34H41FN2O4/c1-34(35)23-36-21-31(32(34)27-12-7-11-26(19-27)25-9-5-4-6-10-25)33(38)37(28-13-14-28)22-24-17-29(40-3)20-30(18-24)41-16-8-15-39-2/h4-7,9-12,17-20,28,31-32,36H,8,13-16,21-23H2,1-3H3/t31-,32+,34?/m0/s1. The van der Waals surface area contributed by atoms with Crippen molar-refractivity contribution >= 4 is 5.91 Å². The van der Waals surface area contributed by atoms with Crippen LogP contribution in [0.3, 0.4) is 0 Å². The van der Waals surface area contributed by atoms with Crippen LogP contribution in [0.5, 0.6) is 11.5 Å². The summed E-state index contributed by atoms with van der Waals surface area (Å²) in [4.78, 5) is 16.3. The number of alkyl halides is 1. The van der Waals surface area contributed by atoms with Crippen molar-refractivity contribution in [3.05, 3.63) is 83.9 Å². The number of benzene rings is 3. The van der Waals surface area contributed by atoms with E-state index in [1.165, 1.54) is 0 Å². The van der Waals surface area contributed by atoms with Gasteiger partial charge < -0.3 is 24.4 Å². The van der Waals surface area contributed by atoms with Crippen LogP contribution in [0.1, 0.15) is 43.2 Å². The summed E-state index contributed by atoms with van der Waals surface area (Å²) in [5.41, 5.74) is 2.31. The van der Waals surface area contributed by atoms with E-state index in [2.05, 4.69) is 23.5 Å². The quantitative estimate of drug-likeness (QED) is 0.276. The number of hydrogen-bond donors (Lipinski definition) is 1. The van der Waals surface area contributed by atoms with Gasteiger partial charge in [-0.3, -0.25) is 4.79 Å². The van der Waals surface area contributed by atoms with Crippen LogP contribution in [0.25, 0.3) is 11.1 Å². The second-order valence-corrected chi connectivity index (χ2v) is 11.4. The zero-order chi connectivity index (χ0) is 28.8. The topological polar surface area (TPSA) is 60.0 Å². The lowest BCUT2D eigenvalue weighted by molar-refractivity contribution is -0.140. The number of carbonyl (C=O) groups excluding carboxylic acids is 1. The minimum absolute atomic E-state index is 0.0101. The molecule has 218 valence electrons. The van der Waals surface area contributed by atoms with Crippen molar-refractivity contribution in [1.29, 1.82) is 0 Å². The summed E-state index contributed by atoms with van der Waals surface area (Å²) in [7, 11) is 3.30. The highest BCUT2D eigenvalue weighted by atomic mass is 19.1. The van der Waals surface area contributed by atoms with Gasteiger partial charge in [0.05, 0.1) is 19.6 Å². The van der Waals surface area contributed by atoms with E-state index < -0.39 is 17.5 Å². The van der Waals surface area contributed by atoms with Crippen molar-refractivity contribution in [2.24, 2.45) is 5.92 Å². The highest BCUT2D eigenvalue weighted by Crippen LogP contribution is 2.43. The molecule has 6 nitrogen and oxygen atoms in total. The molecule has 1 aliphatic carbocycles. The van der Waals surface area contributed by atoms with Gasteiger partial charge in [0.1, 0.15) is 17.2 Å². The first-order valence-corrected chi connectivity index (χ1v) is 14.5. The molecule has 5 rings (SSSR count). The maximum absolute atomic E-state index is 16.3. The van der Waals surface area contributed by atoms with Crippen molar-refractivity contribution in [1.82, 2.24) is 10.2 Å². The molecule has 0 bridgehead atoms. The predicted molar refractivity (Wildman–Crippen MR) is 159 cm³/mol. The average molecular weight is 561 g/mol. The van der Waals surface area contributed by atoms with Crippen LogP contribution in [0, 0.1) is 5.92 Å². The van der Waals surface area contributed by atoms with Crippen molar-refractivity contribution in [3.8, 4) is 22.6 Å². The summed E-state index contributed by atoms with van der Waals surface area (Å²) in [6.45, 7) is 3.84. The molecule has 1 aliphatic heterocycles. The normalized spacial score (nSPS) is 22.2. The molecule has 0 aromatic heterocycles. The van der Waals surface area contributed by atoms with E-state index in [-0.39, 0.29) is 18.5 Å². The number of hydrogen-bond acceptors (Lipinski definition) is 5. The number of carbonyl (C=O) groups is 1. The fourth-order valence-electron chi connectivity index (χ4n) is 5.97. The van der Waals surface area contributed by atoms with Gasteiger partial charge in [-0.15, -0.1) is 0 Å². The first kappa shape index (κ1) is 29.1. The zero-order valence-corrected chi connectivity index (χ0v) is 24.3. The molecule has 3 aromatic carbocycles. The lowest BCUT2D eigenvalue weighted by atomic mass is 9.72. The molecule has 3 aromatic rings. The summed E-state index contributed by atoms with van der Waals surface area (Å²) < 4.78 is 32.9. The van der Waals surface area contributed by atoms with E-state index in [9.17, 15) is 4.79 Å². The smallest absolute Gasteiger partial charge is 0.228 e. The molecular weight excluding hydrogens is 519 g/mol.